The molecule has 7 heteroatoms. The Balaban J connectivity index is 2.03. The van der Waals surface area contributed by atoms with Crippen molar-refractivity contribution in [1.82, 2.24) is 10.2 Å². The molecule has 5 nitrogen and oxygen atoms in total. The first-order valence-electron chi connectivity index (χ1n) is 7.53. The number of aryl methyl sites for hydroxylation is 1. The van der Waals surface area contributed by atoms with E-state index in [-0.39, 0.29) is 11.2 Å². The minimum atomic E-state index is -0.353. The lowest BCUT2D eigenvalue weighted by Crippen LogP contribution is -2.21. The summed E-state index contributed by atoms with van der Waals surface area (Å²) in [5, 5.41) is 7.78. The molecule has 0 aliphatic rings. The van der Waals surface area contributed by atoms with Gasteiger partial charge in [-0.1, -0.05) is 60.7 Å². The summed E-state index contributed by atoms with van der Waals surface area (Å²) in [4.78, 5) is 12.0. The lowest BCUT2D eigenvalue weighted by atomic mass is 10.0. The summed E-state index contributed by atoms with van der Waals surface area (Å²) in [5.41, 5.74) is 8.02. The second-order valence-electron chi connectivity index (χ2n) is 5.16. The van der Waals surface area contributed by atoms with Gasteiger partial charge in [-0.3, -0.25) is 4.79 Å². The van der Waals surface area contributed by atoms with Gasteiger partial charge in [-0.2, -0.15) is 0 Å². The van der Waals surface area contributed by atoms with Crippen molar-refractivity contribution in [3.8, 4) is 0 Å². The van der Waals surface area contributed by atoms with Crippen LogP contribution < -0.4 is 5.73 Å². The Morgan fingerprint density at radius 3 is 2.57 bits per heavy atom. The van der Waals surface area contributed by atoms with Crippen molar-refractivity contribution in [1.29, 1.82) is 0 Å². The van der Waals surface area contributed by atoms with E-state index in [0.29, 0.717) is 15.9 Å². The summed E-state index contributed by atoms with van der Waals surface area (Å²) in [5.74, 6) is -0.265. The van der Waals surface area contributed by atoms with E-state index in [1.807, 2.05) is 0 Å². The highest BCUT2D eigenvalue weighted by molar-refractivity contribution is 8.02. The number of rotatable bonds is 8. The van der Waals surface area contributed by atoms with Crippen LogP contribution in [0, 0.1) is 0 Å². The molecule has 2 rings (SSSR count). The van der Waals surface area contributed by atoms with Crippen molar-refractivity contribution in [3.05, 3.63) is 35.4 Å². The largest absolute Gasteiger partial charge is 0.468 e. The van der Waals surface area contributed by atoms with Crippen LogP contribution in [0.3, 0.4) is 0 Å². The average molecular weight is 351 g/mol. The molecule has 0 aliphatic heterocycles. The number of benzene rings is 1. The molecule has 23 heavy (non-hydrogen) atoms. The minimum Gasteiger partial charge on any atom is -0.468 e. The molecule has 1 aromatic heterocycles. The molecule has 1 aromatic carbocycles. The predicted molar refractivity (Wildman–Crippen MR) is 94.7 cm³/mol. The Bertz CT molecular complexity index is 629. The smallest absolute Gasteiger partial charge is 0.319 e. The highest BCUT2D eigenvalue weighted by Crippen LogP contribution is 2.30. The number of carbonyl (C=O) groups is 1. The van der Waals surface area contributed by atoms with Crippen LogP contribution in [0.2, 0.25) is 0 Å². The summed E-state index contributed by atoms with van der Waals surface area (Å²) in [7, 11) is 1.40. The van der Waals surface area contributed by atoms with Crippen molar-refractivity contribution >= 4 is 34.2 Å². The number of methoxy groups -OCH3 is 1. The Morgan fingerprint density at radius 2 is 2.00 bits per heavy atom. The second kappa shape index (κ2) is 8.88. The van der Waals surface area contributed by atoms with Crippen molar-refractivity contribution in [2.45, 2.75) is 42.2 Å². The number of carbonyl (C=O) groups excluding carboxylic acids is 1. The number of esters is 1. The van der Waals surface area contributed by atoms with Crippen molar-refractivity contribution < 1.29 is 9.53 Å². The number of unbranched alkanes of at least 4 members (excludes halogenated alkanes) is 1. The molecule has 0 bridgehead atoms. The Morgan fingerprint density at radius 1 is 1.30 bits per heavy atom. The topological polar surface area (TPSA) is 78.1 Å². The maximum absolute atomic E-state index is 12.0. The van der Waals surface area contributed by atoms with E-state index in [1.54, 1.807) is 0 Å². The molecular weight excluding hydrogens is 330 g/mol. The summed E-state index contributed by atoms with van der Waals surface area (Å²) >= 11 is 2.62. The predicted octanol–water partition coefficient (Wildman–Crippen LogP) is 3.34. The van der Waals surface area contributed by atoms with Gasteiger partial charge in [-0.15, -0.1) is 10.2 Å². The number of hydrogen-bond donors (Lipinski definition) is 1. The first-order valence-corrected chi connectivity index (χ1v) is 9.23. The Hall–Kier alpha value is -1.60. The van der Waals surface area contributed by atoms with E-state index >= 15 is 0 Å². The summed E-state index contributed by atoms with van der Waals surface area (Å²) in [6.45, 7) is 2.19. The maximum atomic E-state index is 12.0. The van der Waals surface area contributed by atoms with Crippen LogP contribution in [-0.4, -0.2) is 28.5 Å². The van der Waals surface area contributed by atoms with Gasteiger partial charge in [0.2, 0.25) is 5.13 Å². The number of anilines is 1. The number of aromatic nitrogens is 2. The van der Waals surface area contributed by atoms with Gasteiger partial charge in [0.1, 0.15) is 5.25 Å². The fraction of sp³-hybridized carbons (Fsp3) is 0.438. The fourth-order valence-electron chi connectivity index (χ4n) is 2.13. The molecular formula is C16H21N3O2S2. The molecule has 2 aromatic rings. The van der Waals surface area contributed by atoms with Crippen LogP contribution in [0.4, 0.5) is 5.13 Å². The zero-order valence-electron chi connectivity index (χ0n) is 13.3. The SMILES string of the molecule is CCCCc1ccc(C[C@H](Sc2nnc(N)s2)C(=O)OC)cc1. The van der Waals surface area contributed by atoms with E-state index in [0.717, 1.165) is 12.0 Å². The normalized spacial score (nSPS) is 12.1. The van der Waals surface area contributed by atoms with E-state index in [4.69, 9.17) is 10.5 Å². The monoisotopic (exact) mass is 351 g/mol. The van der Waals surface area contributed by atoms with Crippen LogP contribution >= 0.6 is 23.1 Å². The third-order valence-corrected chi connectivity index (χ3v) is 5.40. The van der Waals surface area contributed by atoms with Crippen molar-refractivity contribution in [2.75, 3.05) is 12.8 Å². The molecule has 0 aliphatic carbocycles. The van der Waals surface area contributed by atoms with E-state index in [1.165, 1.54) is 48.6 Å². The van der Waals surface area contributed by atoms with Crippen LogP contribution in [0.5, 0.6) is 0 Å². The number of ether oxygens (including phenoxy) is 1. The molecule has 1 heterocycles. The van der Waals surface area contributed by atoms with Gasteiger partial charge in [0, 0.05) is 0 Å². The zero-order chi connectivity index (χ0) is 16.7. The molecule has 0 saturated heterocycles. The second-order valence-corrected chi connectivity index (χ2v) is 7.62. The standard InChI is InChI=1S/C16H21N3O2S2/c1-3-4-5-11-6-8-12(9-7-11)10-13(14(20)21-2)22-16-19-18-15(17)23-16/h6-9,13H,3-5,10H2,1-2H3,(H2,17,18)/t13-/m0/s1. The van der Waals surface area contributed by atoms with Crippen LogP contribution in [0.25, 0.3) is 0 Å². The molecule has 124 valence electrons. The molecule has 1 atom stereocenters. The first kappa shape index (κ1) is 17.7. The first-order chi connectivity index (χ1) is 11.1. The van der Waals surface area contributed by atoms with Crippen LogP contribution in [0.15, 0.2) is 28.6 Å². The van der Waals surface area contributed by atoms with Crippen LogP contribution in [0.1, 0.15) is 30.9 Å². The van der Waals surface area contributed by atoms with E-state index in [9.17, 15) is 4.79 Å². The van der Waals surface area contributed by atoms with Crippen LogP contribution in [-0.2, 0) is 22.4 Å². The van der Waals surface area contributed by atoms with Gasteiger partial charge in [-0.25, -0.2) is 0 Å². The molecule has 0 unspecified atom stereocenters. The third-order valence-electron chi connectivity index (χ3n) is 3.39. The van der Waals surface area contributed by atoms with E-state index in [2.05, 4.69) is 41.4 Å². The summed E-state index contributed by atoms with van der Waals surface area (Å²) in [6, 6.07) is 8.42. The highest BCUT2D eigenvalue weighted by Gasteiger charge is 2.23. The summed E-state index contributed by atoms with van der Waals surface area (Å²) < 4.78 is 5.58. The molecule has 0 saturated carbocycles. The molecule has 0 fully saturated rings. The zero-order valence-corrected chi connectivity index (χ0v) is 15.0. The number of thioether (sulfide) groups is 1. The van der Waals surface area contributed by atoms with Gasteiger partial charge in [0.15, 0.2) is 4.34 Å². The summed E-state index contributed by atoms with van der Waals surface area (Å²) in [6.07, 6.45) is 4.06. The highest BCUT2D eigenvalue weighted by atomic mass is 32.2. The fourth-order valence-corrected chi connectivity index (χ4v) is 4.07. The van der Waals surface area contributed by atoms with Gasteiger partial charge in [0.25, 0.3) is 0 Å². The molecule has 2 N–H and O–H groups in total. The third kappa shape index (κ3) is 5.51. The number of nitrogens with zero attached hydrogens (tertiary/aromatic N) is 2. The maximum Gasteiger partial charge on any atom is 0.319 e. The van der Waals surface area contributed by atoms with Gasteiger partial charge in [0.05, 0.1) is 7.11 Å². The quantitative estimate of drug-likeness (QED) is 0.580. The van der Waals surface area contributed by atoms with Gasteiger partial charge >= 0.3 is 5.97 Å². The average Bonchev–Trinajstić information content (AvgIpc) is 2.98. The minimum absolute atomic E-state index is 0.265. The lowest BCUT2D eigenvalue weighted by molar-refractivity contribution is -0.139. The molecule has 0 spiro atoms. The number of nitrogens with two attached hydrogens (primary N) is 1. The number of nitrogen functional groups attached to an aromatic ring is 1. The lowest BCUT2D eigenvalue weighted by Gasteiger charge is -2.13. The van der Waals surface area contributed by atoms with Gasteiger partial charge in [-0.05, 0) is 30.4 Å². The molecule has 0 amide bonds. The van der Waals surface area contributed by atoms with E-state index < -0.39 is 0 Å². The number of hydrogen-bond acceptors (Lipinski definition) is 7. The Kier molecular flexibility index (Phi) is 6.85. The van der Waals surface area contributed by atoms with Gasteiger partial charge < -0.3 is 10.5 Å². The Labute approximate surface area is 144 Å². The van der Waals surface area contributed by atoms with Crippen molar-refractivity contribution in [2.24, 2.45) is 0 Å². The molecule has 0 radical (unpaired) electrons. The van der Waals surface area contributed by atoms with Crippen molar-refractivity contribution in [3.63, 3.8) is 0 Å².